The number of carbonyl (C=O) groups excluding carboxylic acids is 1. The van der Waals surface area contributed by atoms with Gasteiger partial charge in [-0.25, -0.2) is 17.8 Å². The lowest BCUT2D eigenvalue weighted by atomic mass is 10.1. The first-order valence-corrected chi connectivity index (χ1v) is 9.98. The van der Waals surface area contributed by atoms with Crippen LogP contribution >= 0.6 is 0 Å². The van der Waals surface area contributed by atoms with Crippen molar-refractivity contribution in [2.45, 2.75) is 18.6 Å². The van der Waals surface area contributed by atoms with Crippen LogP contribution < -0.4 is 5.32 Å². The number of amides is 1. The van der Waals surface area contributed by atoms with Gasteiger partial charge >= 0.3 is 0 Å². The van der Waals surface area contributed by atoms with E-state index >= 15 is 0 Å². The Labute approximate surface area is 155 Å². The van der Waals surface area contributed by atoms with Crippen LogP contribution in [0.4, 0.5) is 10.1 Å². The van der Waals surface area contributed by atoms with Crippen molar-refractivity contribution in [1.29, 1.82) is 0 Å². The fourth-order valence-corrected chi connectivity index (χ4v) is 4.47. The zero-order chi connectivity index (χ0) is 19.2. The van der Waals surface area contributed by atoms with Crippen molar-refractivity contribution in [2.24, 2.45) is 0 Å². The first-order chi connectivity index (χ1) is 12.9. The molecule has 0 saturated heterocycles. The predicted octanol–water partition coefficient (Wildman–Crippen LogP) is 3.04. The molecule has 27 heavy (non-hydrogen) atoms. The minimum atomic E-state index is -3.54. The molecule has 0 fully saturated rings. The van der Waals surface area contributed by atoms with Crippen molar-refractivity contribution in [3.63, 3.8) is 0 Å². The second-order valence-electron chi connectivity index (χ2n) is 6.34. The van der Waals surface area contributed by atoms with Crippen molar-refractivity contribution in [3.8, 4) is 11.3 Å². The minimum Gasteiger partial charge on any atom is -0.320 e. The molecule has 0 aliphatic carbocycles. The van der Waals surface area contributed by atoms with E-state index in [1.165, 1.54) is 28.8 Å². The van der Waals surface area contributed by atoms with Gasteiger partial charge in [0.05, 0.1) is 5.75 Å². The molecule has 1 aromatic heterocycles. The zero-order valence-electron chi connectivity index (χ0n) is 14.4. The quantitative estimate of drug-likeness (QED) is 0.751. The van der Waals surface area contributed by atoms with Gasteiger partial charge in [0.2, 0.25) is 15.0 Å². The number of anilines is 1. The number of para-hydroxylation sites is 1. The highest BCUT2D eigenvalue weighted by atomic mass is 32.2. The largest absolute Gasteiger partial charge is 0.320 e. The lowest BCUT2D eigenvalue weighted by Crippen LogP contribution is -2.18. The van der Waals surface area contributed by atoms with Gasteiger partial charge in [-0.15, -0.1) is 0 Å². The lowest BCUT2D eigenvalue weighted by molar-refractivity contribution is 0.101. The number of hydrogen-bond acceptors (Lipinski definition) is 4. The van der Waals surface area contributed by atoms with E-state index in [0.29, 0.717) is 11.3 Å². The molecule has 138 valence electrons. The van der Waals surface area contributed by atoms with E-state index in [2.05, 4.69) is 10.3 Å². The number of hydrogen-bond donors (Lipinski definition) is 1. The summed E-state index contributed by atoms with van der Waals surface area (Å²) in [4.78, 5) is 17.2. The number of imidazole rings is 1. The highest BCUT2D eigenvalue weighted by Crippen LogP contribution is 2.31. The number of sulfone groups is 1. The number of nitrogens with one attached hydrogen (secondary N) is 1. The molecule has 3 aromatic rings. The summed E-state index contributed by atoms with van der Waals surface area (Å²) >= 11 is 0. The van der Waals surface area contributed by atoms with E-state index in [0.717, 1.165) is 5.56 Å². The van der Waals surface area contributed by atoms with Gasteiger partial charge in [0.1, 0.15) is 17.2 Å². The van der Waals surface area contributed by atoms with Gasteiger partial charge < -0.3 is 9.88 Å². The first-order valence-electron chi connectivity index (χ1n) is 8.33. The number of aromatic nitrogens is 2. The molecule has 0 saturated carbocycles. The highest BCUT2D eigenvalue weighted by Gasteiger charge is 2.35. The zero-order valence-corrected chi connectivity index (χ0v) is 15.3. The van der Waals surface area contributed by atoms with E-state index in [1.54, 1.807) is 12.1 Å². The highest BCUT2D eigenvalue weighted by molar-refractivity contribution is 7.91. The van der Waals surface area contributed by atoms with Crippen LogP contribution in [0.15, 0.2) is 53.7 Å². The minimum absolute atomic E-state index is 0.0936. The third kappa shape index (κ3) is 3.02. The Balaban J connectivity index is 1.85. The summed E-state index contributed by atoms with van der Waals surface area (Å²) in [6, 6.07) is 12.7. The smallest absolute Gasteiger partial charge is 0.274 e. The fourth-order valence-electron chi connectivity index (χ4n) is 3.11. The van der Waals surface area contributed by atoms with Gasteiger partial charge in [-0.1, -0.05) is 18.2 Å². The standard InChI is InChI=1S/C19H16FN3O3S/c1-12-4-2-3-5-15(12)21-18(24)17-16(13-6-8-14(20)9-7-13)22-19-23(17)10-11-27(19,25)26/h2-9H,10-11H2,1H3,(H,21,24). The number of benzene rings is 2. The maximum Gasteiger partial charge on any atom is 0.274 e. The Hall–Kier alpha value is -3.00. The van der Waals surface area contributed by atoms with E-state index in [4.69, 9.17) is 0 Å². The number of fused-ring (bicyclic) bond motifs is 1. The molecule has 6 nitrogen and oxygen atoms in total. The molecule has 2 heterocycles. The van der Waals surface area contributed by atoms with Crippen molar-refractivity contribution < 1.29 is 17.6 Å². The molecule has 0 atom stereocenters. The third-order valence-corrected chi connectivity index (χ3v) is 6.11. The molecule has 0 unspecified atom stereocenters. The van der Waals surface area contributed by atoms with Crippen molar-refractivity contribution in [2.75, 3.05) is 11.1 Å². The monoisotopic (exact) mass is 385 g/mol. The summed E-state index contributed by atoms with van der Waals surface area (Å²) in [6.07, 6.45) is 0. The molecule has 8 heteroatoms. The molecule has 1 aliphatic heterocycles. The first kappa shape index (κ1) is 17.4. The number of rotatable bonds is 3. The summed E-state index contributed by atoms with van der Waals surface area (Å²) in [7, 11) is -3.54. The van der Waals surface area contributed by atoms with Gasteiger partial charge in [-0.05, 0) is 42.8 Å². The predicted molar refractivity (Wildman–Crippen MR) is 98.8 cm³/mol. The molecule has 0 radical (unpaired) electrons. The Morgan fingerprint density at radius 1 is 1.15 bits per heavy atom. The molecular formula is C19H16FN3O3S. The Bertz CT molecular complexity index is 1150. The van der Waals surface area contributed by atoms with Crippen LogP contribution in [0.1, 0.15) is 16.1 Å². The lowest BCUT2D eigenvalue weighted by Gasteiger charge is -2.10. The van der Waals surface area contributed by atoms with E-state index < -0.39 is 21.6 Å². The molecule has 0 spiro atoms. The molecule has 4 rings (SSSR count). The van der Waals surface area contributed by atoms with Gasteiger partial charge in [0.15, 0.2) is 0 Å². The van der Waals surface area contributed by atoms with Crippen LogP contribution in [0, 0.1) is 12.7 Å². The molecule has 0 bridgehead atoms. The number of aryl methyl sites for hydroxylation is 1. The number of nitrogens with zero attached hydrogens (tertiary/aromatic N) is 2. The Kier molecular flexibility index (Phi) is 4.07. The molecule has 1 amide bonds. The Morgan fingerprint density at radius 3 is 2.56 bits per heavy atom. The normalized spacial score (nSPS) is 14.7. The Morgan fingerprint density at radius 2 is 1.85 bits per heavy atom. The average molecular weight is 385 g/mol. The summed E-state index contributed by atoms with van der Waals surface area (Å²) in [5, 5.41) is 2.69. The SMILES string of the molecule is Cc1ccccc1NC(=O)c1c(-c2ccc(F)cc2)nc2n1CCS2(=O)=O. The average Bonchev–Trinajstić information content (AvgIpc) is 3.15. The van der Waals surface area contributed by atoms with Gasteiger partial charge in [0, 0.05) is 17.8 Å². The molecule has 1 aliphatic rings. The number of carbonyl (C=O) groups is 1. The van der Waals surface area contributed by atoms with E-state index in [1.807, 2.05) is 19.1 Å². The molecule has 2 aromatic carbocycles. The maximum atomic E-state index is 13.3. The topological polar surface area (TPSA) is 81.1 Å². The second-order valence-corrected chi connectivity index (χ2v) is 8.34. The van der Waals surface area contributed by atoms with Gasteiger partial charge in [0.25, 0.3) is 5.91 Å². The van der Waals surface area contributed by atoms with E-state index in [-0.39, 0.29) is 28.8 Å². The van der Waals surface area contributed by atoms with Crippen LogP contribution in [0.5, 0.6) is 0 Å². The number of halogens is 1. The van der Waals surface area contributed by atoms with Gasteiger partial charge in [-0.3, -0.25) is 4.79 Å². The summed E-state index contributed by atoms with van der Waals surface area (Å²) in [5.41, 5.74) is 2.36. The van der Waals surface area contributed by atoms with Crippen LogP contribution in [0.3, 0.4) is 0 Å². The van der Waals surface area contributed by atoms with Crippen molar-refractivity contribution >= 4 is 21.4 Å². The van der Waals surface area contributed by atoms with Crippen molar-refractivity contribution in [1.82, 2.24) is 9.55 Å². The maximum absolute atomic E-state index is 13.3. The fraction of sp³-hybridized carbons (Fsp3) is 0.158. The summed E-state index contributed by atoms with van der Waals surface area (Å²) in [6.45, 7) is 2.02. The third-order valence-electron chi connectivity index (χ3n) is 4.52. The van der Waals surface area contributed by atoms with Crippen LogP contribution in [0.2, 0.25) is 0 Å². The second kappa shape index (κ2) is 6.31. The van der Waals surface area contributed by atoms with E-state index in [9.17, 15) is 17.6 Å². The summed E-state index contributed by atoms with van der Waals surface area (Å²) in [5.74, 6) is -0.979. The summed E-state index contributed by atoms with van der Waals surface area (Å²) < 4.78 is 39.2. The van der Waals surface area contributed by atoms with Crippen molar-refractivity contribution in [3.05, 3.63) is 65.6 Å². The van der Waals surface area contributed by atoms with Crippen LogP contribution in [0.25, 0.3) is 11.3 Å². The van der Waals surface area contributed by atoms with Gasteiger partial charge in [-0.2, -0.15) is 0 Å². The molecule has 1 N–H and O–H groups in total. The van der Waals surface area contributed by atoms with Crippen LogP contribution in [-0.4, -0.2) is 29.6 Å². The van der Waals surface area contributed by atoms with Crippen LogP contribution in [-0.2, 0) is 16.4 Å². The molecular weight excluding hydrogens is 369 g/mol.